The summed E-state index contributed by atoms with van der Waals surface area (Å²) in [5.41, 5.74) is 8.38. The molecule has 4 heteroatoms. The highest BCUT2D eigenvalue weighted by Gasteiger charge is 2.23. The minimum atomic E-state index is 0.100. The van der Waals surface area contributed by atoms with Crippen LogP contribution in [0.3, 0.4) is 0 Å². The molecule has 0 unspecified atom stereocenters. The molecule has 0 amide bonds. The monoisotopic (exact) mass is 464 g/mol. The molecule has 0 N–H and O–H groups in total. The van der Waals surface area contributed by atoms with Gasteiger partial charge in [0.2, 0.25) is 0 Å². The maximum absolute atomic E-state index is 2.44. The van der Waals surface area contributed by atoms with Gasteiger partial charge in [0.05, 0.1) is 0 Å². The average Bonchev–Trinajstić information content (AvgIpc) is 2.76. The van der Waals surface area contributed by atoms with Crippen LogP contribution in [0.2, 0.25) is 0 Å². The molecular weight excluding hydrogens is 416 g/mol. The zero-order chi connectivity index (χ0) is 25.3. The van der Waals surface area contributed by atoms with E-state index in [1.165, 1.54) is 33.9 Å². The molecule has 0 saturated heterocycles. The smallest absolute Gasteiger partial charge is 0.0403 e. The first-order valence-corrected chi connectivity index (χ1v) is 12.9. The van der Waals surface area contributed by atoms with Crippen LogP contribution in [0.4, 0.5) is 22.7 Å². The Morgan fingerprint density at radius 2 is 0.824 bits per heavy atom. The van der Waals surface area contributed by atoms with E-state index in [1.54, 1.807) is 0 Å². The molecule has 0 radical (unpaired) electrons. The van der Waals surface area contributed by atoms with Crippen molar-refractivity contribution >= 4 is 22.7 Å². The molecule has 0 atom stereocenters. The summed E-state index contributed by atoms with van der Waals surface area (Å²) in [6.45, 7) is 18.1. The van der Waals surface area contributed by atoms with Gasteiger partial charge in [0, 0.05) is 77.1 Å². The highest BCUT2D eigenvalue weighted by atomic mass is 15.1. The summed E-state index contributed by atoms with van der Waals surface area (Å²) >= 11 is 0. The predicted molar refractivity (Wildman–Crippen MR) is 153 cm³/mol. The van der Waals surface area contributed by atoms with Crippen molar-refractivity contribution in [3.05, 3.63) is 47.5 Å². The Balaban J connectivity index is 1.98. The summed E-state index contributed by atoms with van der Waals surface area (Å²) in [5, 5.41) is 0. The molecule has 34 heavy (non-hydrogen) atoms. The largest absolute Gasteiger partial charge is 0.375 e. The van der Waals surface area contributed by atoms with Crippen LogP contribution in [0.1, 0.15) is 65.5 Å². The van der Waals surface area contributed by atoms with Crippen molar-refractivity contribution in [3.8, 4) is 0 Å². The Morgan fingerprint density at radius 1 is 0.500 bits per heavy atom. The first kappa shape index (κ1) is 26.2. The fourth-order valence-corrected chi connectivity index (χ4v) is 4.98. The molecule has 188 valence electrons. The van der Waals surface area contributed by atoms with E-state index in [0.717, 1.165) is 39.0 Å². The van der Waals surface area contributed by atoms with Crippen LogP contribution < -0.4 is 19.6 Å². The first-order chi connectivity index (χ1) is 15.8. The number of rotatable bonds is 0. The Bertz CT molecular complexity index is 887. The molecule has 0 saturated carbocycles. The lowest BCUT2D eigenvalue weighted by atomic mass is 9.85. The molecule has 0 aromatic heterocycles. The van der Waals surface area contributed by atoms with Crippen LogP contribution in [0.15, 0.2) is 36.4 Å². The number of benzene rings is 2. The van der Waals surface area contributed by atoms with E-state index in [0.29, 0.717) is 0 Å². The van der Waals surface area contributed by atoms with Crippen molar-refractivity contribution in [1.82, 2.24) is 0 Å². The van der Waals surface area contributed by atoms with E-state index < -0.39 is 0 Å². The molecule has 6 rings (SSSR count). The molecule has 4 aliphatic heterocycles. The van der Waals surface area contributed by atoms with Crippen molar-refractivity contribution in [2.45, 2.75) is 65.2 Å². The van der Waals surface area contributed by atoms with Crippen LogP contribution in [0.25, 0.3) is 0 Å². The molecule has 2 aromatic carbocycles. The zero-order valence-electron chi connectivity index (χ0n) is 23.5. The second kappa shape index (κ2) is 10.1. The molecule has 0 spiro atoms. The predicted octanol–water partition coefficient (Wildman–Crippen LogP) is 6.52. The number of hydrogen-bond donors (Lipinski definition) is 0. The third kappa shape index (κ3) is 6.00. The fraction of sp³-hybridized carbons (Fsp3) is 0.600. The van der Waals surface area contributed by atoms with E-state index >= 15 is 0 Å². The van der Waals surface area contributed by atoms with E-state index in [2.05, 4.69) is 126 Å². The van der Waals surface area contributed by atoms with Crippen molar-refractivity contribution in [2.24, 2.45) is 0 Å². The van der Waals surface area contributed by atoms with Gasteiger partial charge in [-0.05, 0) is 71.2 Å². The molecule has 4 nitrogen and oxygen atoms in total. The van der Waals surface area contributed by atoms with Crippen LogP contribution in [0.5, 0.6) is 0 Å². The van der Waals surface area contributed by atoms with Gasteiger partial charge < -0.3 is 19.6 Å². The van der Waals surface area contributed by atoms with Crippen molar-refractivity contribution in [3.63, 3.8) is 0 Å². The van der Waals surface area contributed by atoms with Gasteiger partial charge in [-0.1, -0.05) is 41.5 Å². The van der Waals surface area contributed by atoms with Gasteiger partial charge >= 0.3 is 0 Å². The Kier molecular flexibility index (Phi) is 7.79. The fourth-order valence-electron chi connectivity index (χ4n) is 4.98. The van der Waals surface area contributed by atoms with Crippen molar-refractivity contribution in [2.75, 3.05) is 74.0 Å². The number of hydrogen-bond acceptors (Lipinski definition) is 4. The summed E-state index contributed by atoms with van der Waals surface area (Å²) < 4.78 is 0. The van der Waals surface area contributed by atoms with Gasteiger partial charge in [-0.3, -0.25) is 0 Å². The minimum Gasteiger partial charge on any atom is -0.375 e. The van der Waals surface area contributed by atoms with E-state index in [-0.39, 0.29) is 10.8 Å². The zero-order valence-corrected chi connectivity index (χ0v) is 23.5. The molecule has 0 aliphatic carbocycles. The highest BCUT2D eigenvalue weighted by Crippen LogP contribution is 2.36. The van der Waals surface area contributed by atoms with Gasteiger partial charge in [0.25, 0.3) is 0 Å². The van der Waals surface area contributed by atoms with Gasteiger partial charge in [-0.2, -0.15) is 0 Å². The topological polar surface area (TPSA) is 13.0 Å². The molecule has 0 fully saturated rings. The summed E-state index contributed by atoms with van der Waals surface area (Å²) in [6, 6.07) is 14.1. The van der Waals surface area contributed by atoms with Crippen LogP contribution in [-0.2, 0) is 10.8 Å². The van der Waals surface area contributed by atoms with Crippen LogP contribution >= 0.6 is 0 Å². The van der Waals surface area contributed by atoms with Gasteiger partial charge in [-0.25, -0.2) is 0 Å². The summed E-state index contributed by atoms with van der Waals surface area (Å²) in [7, 11) is 8.95. The standard InChI is InChI=1S/C30H48N4/c1-29(2,3)25-21-23-13-15-27(25)33(9)19-11-18-32(8)24-14-16-28(26(22-24)30(4,5)6)34(10)20-12-17-31(23)7/h13-16,21-22H,11-12,17-20H2,1-10H3. The van der Waals surface area contributed by atoms with E-state index in [1.807, 2.05) is 0 Å². The SMILES string of the molecule is CN1CCCN(C)c2ccc(cc2C(C)(C)C)N(C)CCCN(C)c2ccc1cc2C(C)(C)C. The lowest BCUT2D eigenvalue weighted by Gasteiger charge is -2.33. The third-order valence-corrected chi connectivity index (χ3v) is 7.25. The quantitative estimate of drug-likeness (QED) is 0.440. The van der Waals surface area contributed by atoms with E-state index in [4.69, 9.17) is 0 Å². The normalized spacial score (nSPS) is 16.8. The molecule has 4 bridgehead atoms. The Morgan fingerprint density at radius 3 is 1.15 bits per heavy atom. The molecule has 2 aromatic rings. The number of nitrogens with zero attached hydrogens (tertiary/aromatic N) is 4. The van der Waals surface area contributed by atoms with Crippen LogP contribution in [-0.4, -0.2) is 54.4 Å². The van der Waals surface area contributed by atoms with Crippen molar-refractivity contribution in [1.29, 1.82) is 0 Å². The third-order valence-electron chi connectivity index (χ3n) is 7.25. The average molecular weight is 465 g/mol. The maximum Gasteiger partial charge on any atom is 0.0403 e. The summed E-state index contributed by atoms with van der Waals surface area (Å²) in [4.78, 5) is 9.72. The minimum absolute atomic E-state index is 0.100. The van der Waals surface area contributed by atoms with Gasteiger partial charge in [0.15, 0.2) is 0 Å². The second-order valence-electron chi connectivity index (χ2n) is 12.3. The van der Waals surface area contributed by atoms with E-state index in [9.17, 15) is 0 Å². The second-order valence-corrected chi connectivity index (χ2v) is 12.3. The lowest BCUT2D eigenvalue weighted by molar-refractivity contribution is 0.585. The Hall–Kier alpha value is -2.36. The molecule has 4 heterocycles. The van der Waals surface area contributed by atoms with Crippen molar-refractivity contribution < 1.29 is 0 Å². The van der Waals surface area contributed by atoms with Crippen LogP contribution in [0, 0.1) is 0 Å². The maximum atomic E-state index is 2.44. The Labute approximate surface area is 209 Å². The first-order valence-electron chi connectivity index (χ1n) is 12.9. The lowest BCUT2D eigenvalue weighted by Crippen LogP contribution is -2.30. The highest BCUT2D eigenvalue weighted by molar-refractivity contribution is 5.65. The van der Waals surface area contributed by atoms with Gasteiger partial charge in [0.1, 0.15) is 0 Å². The molecular formula is C30H48N4. The number of anilines is 4. The summed E-state index contributed by atoms with van der Waals surface area (Å²) in [6.07, 6.45) is 2.23. The van der Waals surface area contributed by atoms with Gasteiger partial charge in [-0.15, -0.1) is 0 Å². The summed E-state index contributed by atoms with van der Waals surface area (Å²) in [5.74, 6) is 0. The molecule has 4 aliphatic rings.